The van der Waals surface area contributed by atoms with E-state index < -0.39 is 48.5 Å². The first-order chi connectivity index (χ1) is 11.8. The van der Waals surface area contributed by atoms with Crippen LogP contribution in [0.5, 0.6) is 0 Å². The van der Waals surface area contributed by atoms with Crippen molar-refractivity contribution in [1.29, 1.82) is 0 Å². The van der Waals surface area contributed by atoms with E-state index in [0.29, 0.717) is 0 Å². The molecule has 0 bridgehead atoms. The van der Waals surface area contributed by atoms with Crippen molar-refractivity contribution in [1.82, 2.24) is 19.1 Å². The molecule has 25 heavy (non-hydrogen) atoms. The lowest BCUT2D eigenvalue weighted by Crippen LogP contribution is -2.38. The Kier molecular flexibility index (Phi) is 4.10. The zero-order valence-electron chi connectivity index (χ0n) is 13.4. The van der Waals surface area contributed by atoms with E-state index in [4.69, 9.17) is 15.2 Å². The topological polar surface area (TPSA) is 175 Å². The summed E-state index contributed by atoms with van der Waals surface area (Å²) in [6.07, 6.45) is -5.04. The number of aliphatic hydroxyl groups excluding tert-OH is 2. The Bertz CT molecular complexity index is 945. The third kappa shape index (κ3) is 2.59. The summed E-state index contributed by atoms with van der Waals surface area (Å²) in [5.41, 5.74) is 4.35. The molecule has 0 radical (unpaired) electrons. The summed E-state index contributed by atoms with van der Waals surface area (Å²) in [5, 5.41) is 19.8. The van der Waals surface area contributed by atoms with Gasteiger partial charge in [0.1, 0.15) is 23.5 Å². The molecule has 12 heteroatoms. The Morgan fingerprint density at radius 2 is 2.16 bits per heavy atom. The number of nitrogen functional groups attached to an aromatic ring is 1. The van der Waals surface area contributed by atoms with Crippen LogP contribution in [0.2, 0.25) is 0 Å². The van der Waals surface area contributed by atoms with Crippen LogP contribution in [0.25, 0.3) is 11.2 Å². The van der Waals surface area contributed by atoms with Crippen molar-refractivity contribution in [3.63, 3.8) is 0 Å². The fraction of sp³-hybridized carbons (Fsp3) is 0.538. The van der Waals surface area contributed by atoms with Crippen LogP contribution in [0.3, 0.4) is 0 Å². The van der Waals surface area contributed by atoms with Crippen molar-refractivity contribution in [2.24, 2.45) is 7.05 Å². The second-order valence-electron chi connectivity index (χ2n) is 5.65. The summed E-state index contributed by atoms with van der Waals surface area (Å²) in [6.45, 7) is 0.582. The van der Waals surface area contributed by atoms with Crippen LogP contribution in [0, 0.1) is 0 Å². The van der Waals surface area contributed by atoms with Gasteiger partial charge in [0.2, 0.25) is 0 Å². The van der Waals surface area contributed by atoms with Crippen LogP contribution >= 0.6 is 0 Å². The maximum atomic E-state index is 12.3. The van der Waals surface area contributed by atoms with Crippen LogP contribution in [0.1, 0.15) is 13.2 Å². The van der Waals surface area contributed by atoms with E-state index in [1.807, 2.05) is 0 Å². The van der Waals surface area contributed by atoms with Gasteiger partial charge in [0.05, 0.1) is 6.61 Å². The molecule has 0 spiro atoms. The van der Waals surface area contributed by atoms with Crippen LogP contribution < -0.4 is 17.1 Å². The molecule has 4 atom stereocenters. The molecule has 1 saturated heterocycles. The minimum Gasteiger partial charge on any atom is -0.457 e. The molecule has 0 aliphatic carbocycles. The van der Waals surface area contributed by atoms with E-state index in [0.717, 1.165) is 16.1 Å². The molecular formula is C13H17N5O7. The third-order valence-electron chi connectivity index (χ3n) is 4.05. The van der Waals surface area contributed by atoms with Crippen molar-refractivity contribution >= 4 is 23.0 Å². The largest absolute Gasteiger partial charge is 0.457 e. The molecule has 1 aliphatic heterocycles. The number of nitrogens with two attached hydrogens (primary N) is 1. The van der Waals surface area contributed by atoms with Gasteiger partial charge in [-0.3, -0.25) is 9.36 Å². The van der Waals surface area contributed by atoms with Crippen LogP contribution in [0.4, 0.5) is 5.82 Å². The van der Waals surface area contributed by atoms with Gasteiger partial charge in [-0.1, -0.05) is 0 Å². The van der Waals surface area contributed by atoms with Crippen molar-refractivity contribution in [2.75, 3.05) is 12.3 Å². The van der Waals surface area contributed by atoms with Gasteiger partial charge in [0, 0.05) is 14.0 Å². The van der Waals surface area contributed by atoms with Crippen molar-refractivity contribution < 1.29 is 24.5 Å². The maximum absolute atomic E-state index is 12.3. The standard InChI is InChI=1S/C13H17N5O7/c1-4(20)24-8-5(3-19)25-11(7(8)21)18-10-6(15-13(18)23)9(14)17(2)12(22)16-10/h5,7-8,11,19,21H,3,14H2,1-2H3,(H,15,23)/t5-,7-,8-,11-/m1/s1. The van der Waals surface area contributed by atoms with Crippen molar-refractivity contribution in [3.8, 4) is 0 Å². The van der Waals surface area contributed by atoms with E-state index in [1.54, 1.807) is 0 Å². The summed E-state index contributed by atoms with van der Waals surface area (Å²) < 4.78 is 12.4. The average Bonchev–Trinajstić information content (AvgIpc) is 3.02. The van der Waals surface area contributed by atoms with Gasteiger partial charge in [0.25, 0.3) is 0 Å². The molecule has 0 aromatic carbocycles. The van der Waals surface area contributed by atoms with Crippen LogP contribution in [-0.4, -0.2) is 60.2 Å². The Hall–Kier alpha value is -2.70. The Morgan fingerprint density at radius 3 is 2.76 bits per heavy atom. The first kappa shape index (κ1) is 17.1. The summed E-state index contributed by atoms with van der Waals surface area (Å²) in [7, 11) is 1.39. The van der Waals surface area contributed by atoms with E-state index in [2.05, 4.69) is 9.97 Å². The number of carbonyl (C=O) groups is 1. The fourth-order valence-electron chi connectivity index (χ4n) is 2.82. The number of aliphatic hydroxyl groups is 2. The monoisotopic (exact) mass is 355 g/mol. The van der Waals surface area contributed by atoms with Gasteiger partial charge >= 0.3 is 17.3 Å². The lowest BCUT2D eigenvalue weighted by atomic mass is 10.1. The van der Waals surface area contributed by atoms with E-state index in [9.17, 15) is 24.6 Å². The number of fused-ring (bicyclic) bond motifs is 1. The number of hydrogen-bond donors (Lipinski definition) is 4. The number of hydrogen-bond acceptors (Lipinski definition) is 9. The van der Waals surface area contributed by atoms with E-state index in [1.165, 1.54) is 7.05 Å². The highest BCUT2D eigenvalue weighted by Crippen LogP contribution is 2.32. The number of rotatable bonds is 3. The van der Waals surface area contributed by atoms with Gasteiger partial charge in [0.15, 0.2) is 18.0 Å². The Labute approximate surface area is 139 Å². The molecule has 0 amide bonds. The predicted molar refractivity (Wildman–Crippen MR) is 82.6 cm³/mol. The zero-order chi connectivity index (χ0) is 18.5. The first-order valence-electron chi connectivity index (χ1n) is 7.34. The highest BCUT2D eigenvalue weighted by Gasteiger charge is 2.47. The van der Waals surface area contributed by atoms with Crippen molar-refractivity contribution in [2.45, 2.75) is 31.5 Å². The molecule has 1 fully saturated rings. The van der Waals surface area contributed by atoms with Crippen LogP contribution in [0.15, 0.2) is 9.59 Å². The number of anilines is 1. The van der Waals surface area contributed by atoms with Crippen LogP contribution in [-0.2, 0) is 21.3 Å². The first-order valence-corrected chi connectivity index (χ1v) is 7.34. The fourth-order valence-corrected chi connectivity index (χ4v) is 2.82. The number of carbonyl (C=O) groups excluding carboxylic acids is 1. The zero-order valence-corrected chi connectivity index (χ0v) is 13.4. The Morgan fingerprint density at radius 1 is 1.48 bits per heavy atom. The SMILES string of the molecule is CC(=O)O[C@H]1[C@@H](O)[C@H](n2c(=O)[nH]c3c(N)n(C)c(=O)nc32)O[C@@H]1CO. The number of imidazole rings is 1. The van der Waals surface area contributed by atoms with Gasteiger partial charge in [-0.25, -0.2) is 14.2 Å². The normalized spacial score (nSPS) is 26.2. The molecule has 2 aromatic rings. The molecule has 3 rings (SSSR count). The average molecular weight is 355 g/mol. The predicted octanol–water partition coefficient (Wildman–Crippen LogP) is -2.81. The summed E-state index contributed by atoms with van der Waals surface area (Å²) in [4.78, 5) is 41.6. The molecule has 136 valence electrons. The maximum Gasteiger partial charge on any atom is 0.350 e. The molecule has 5 N–H and O–H groups in total. The second-order valence-corrected chi connectivity index (χ2v) is 5.65. The van der Waals surface area contributed by atoms with Gasteiger partial charge in [-0.2, -0.15) is 4.98 Å². The molecular weight excluding hydrogens is 338 g/mol. The third-order valence-corrected chi connectivity index (χ3v) is 4.05. The summed E-state index contributed by atoms with van der Waals surface area (Å²) in [6, 6.07) is 0. The molecule has 1 aliphatic rings. The number of H-pyrrole nitrogens is 1. The molecule has 0 unspecified atom stereocenters. The lowest BCUT2D eigenvalue weighted by molar-refractivity contribution is -0.153. The smallest absolute Gasteiger partial charge is 0.350 e. The summed E-state index contributed by atoms with van der Waals surface area (Å²) >= 11 is 0. The highest BCUT2D eigenvalue weighted by molar-refractivity contribution is 5.81. The van der Waals surface area contributed by atoms with Gasteiger partial charge < -0.3 is 30.4 Å². The van der Waals surface area contributed by atoms with Gasteiger partial charge in [-0.05, 0) is 0 Å². The van der Waals surface area contributed by atoms with Gasteiger partial charge in [-0.15, -0.1) is 0 Å². The molecule has 0 saturated carbocycles. The van der Waals surface area contributed by atoms with Crippen molar-refractivity contribution in [3.05, 3.63) is 21.0 Å². The molecule has 12 nitrogen and oxygen atoms in total. The number of aromatic amines is 1. The quantitative estimate of drug-likeness (QED) is 0.423. The second kappa shape index (κ2) is 5.98. The number of ether oxygens (including phenoxy) is 2. The van der Waals surface area contributed by atoms with E-state index in [-0.39, 0.29) is 17.0 Å². The minimum atomic E-state index is -1.47. The molecule has 2 aromatic heterocycles. The van der Waals surface area contributed by atoms with E-state index >= 15 is 0 Å². The number of esters is 1. The number of nitrogens with one attached hydrogen (secondary N) is 1. The lowest BCUT2D eigenvalue weighted by Gasteiger charge is -2.18. The number of aromatic nitrogens is 4. The summed E-state index contributed by atoms with van der Waals surface area (Å²) in [5.74, 6) is -0.706. The minimum absolute atomic E-state index is 0.0198. The highest BCUT2D eigenvalue weighted by atomic mass is 16.6. The molecule has 3 heterocycles. The number of nitrogens with zero attached hydrogens (tertiary/aromatic N) is 3. The Balaban J connectivity index is 2.14.